The molecule has 0 aliphatic heterocycles. The van der Waals surface area contributed by atoms with Gasteiger partial charge >= 0.3 is 0 Å². The summed E-state index contributed by atoms with van der Waals surface area (Å²) in [7, 11) is -3.49. The average molecular weight is 322 g/mol. The molecule has 118 valence electrons. The van der Waals surface area contributed by atoms with Crippen molar-refractivity contribution in [1.82, 2.24) is 0 Å². The Balaban J connectivity index is 0.000000541. The molecule has 0 spiro atoms. The highest BCUT2D eigenvalue weighted by Gasteiger charge is 2.17. The molecule has 0 radical (unpaired) electrons. The SMILES string of the molecule is CC(=O)O.CCc1ccc(S(=O)(=O)c2ccc(O)cc2)cc1. The Morgan fingerprint density at radius 1 is 0.955 bits per heavy atom. The summed E-state index contributed by atoms with van der Waals surface area (Å²) in [5, 5.41) is 16.6. The van der Waals surface area contributed by atoms with Crippen molar-refractivity contribution >= 4 is 15.8 Å². The molecular formula is C16H18O5S. The normalized spacial score (nSPS) is 10.5. The molecule has 0 unspecified atom stereocenters. The van der Waals surface area contributed by atoms with E-state index in [0.29, 0.717) is 0 Å². The van der Waals surface area contributed by atoms with E-state index in [4.69, 9.17) is 15.0 Å². The van der Waals surface area contributed by atoms with E-state index in [-0.39, 0.29) is 15.5 Å². The Morgan fingerprint density at radius 3 is 1.68 bits per heavy atom. The number of carboxylic acid groups (broad SMARTS) is 1. The van der Waals surface area contributed by atoms with E-state index in [1.807, 2.05) is 19.1 Å². The van der Waals surface area contributed by atoms with Gasteiger partial charge in [0.1, 0.15) is 5.75 Å². The van der Waals surface area contributed by atoms with Gasteiger partial charge in [-0.25, -0.2) is 8.42 Å². The molecule has 0 amide bonds. The van der Waals surface area contributed by atoms with Gasteiger partial charge in [-0.3, -0.25) is 4.79 Å². The quantitative estimate of drug-likeness (QED) is 0.906. The minimum Gasteiger partial charge on any atom is -0.508 e. The molecule has 2 N–H and O–H groups in total. The maximum absolute atomic E-state index is 12.3. The number of rotatable bonds is 3. The second-order valence-corrected chi connectivity index (χ2v) is 6.46. The van der Waals surface area contributed by atoms with Crippen molar-refractivity contribution < 1.29 is 23.4 Å². The van der Waals surface area contributed by atoms with Crippen LogP contribution in [0.25, 0.3) is 0 Å². The molecule has 0 bridgehead atoms. The van der Waals surface area contributed by atoms with Gasteiger partial charge < -0.3 is 10.2 Å². The molecule has 0 saturated heterocycles. The van der Waals surface area contributed by atoms with Gasteiger partial charge in [0.05, 0.1) is 9.79 Å². The molecule has 0 heterocycles. The summed E-state index contributed by atoms with van der Waals surface area (Å²) >= 11 is 0. The first kappa shape index (κ1) is 17.7. The minimum atomic E-state index is -3.49. The number of aromatic hydroxyl groups is 1. The highest BCUT2D eigenvalue weighted by Crippen LogP contribution is 2.22. The lowest BCUT2D eigenvalue weighted by Gasteiger charge is -2.05. The highest BCUT2D eigenvalue weighted by atomic mass is 32.2. The van der Waals surface area contributed by atoms with Crippen molar-refractivity contribution in [3.63, 3.8) is 0 Å². The molecule has 2 aromatic rings. The van der Waals surface area contributed by atoms with E-state index in [9.17, 15) is 8.42 Å². The number of benzene rings is 2. The van der Waals surface area contributed by atoms with Crippen LogP contribution < -0.4 is 0 Å². The Labute approximate surface area is 129 Å². The van der Waals surface area contributed by atoms with Crippen molar-refractivity contribution in [2.75, 3.05) is 0 Å². The van der Waals surface area contributed by atoms with Gasteiger partial charge in [-0.15, -0.1) is 0 Å². The molecule has 0 aromatic heterocycles. The van der Waals surface area contributed by atoms with Gasteiger partial charge in [0.2, 0.25) is 9.84 Å². The summed E-state index contributed by atoms with van der Waals surface area (Å²) in [4.78, 5) is 9.45. The van der Waals surface area contributed by atoms with Crippen LogP contribution in [0.3, 0.4) is 0 Å². The second kappa shape index (κ2) is 7.61. The molecule has 0 aliphatic carbocycles. The number of hydrogen-bond acceptors (Lipinski definition) is 4. The standard InChI is InChI=1S/C14H14O3S.C2H4O2/c1-2-11-3-7-13(8-4-11)18(16,17)14-9-5-12(15)6-10-14;1-2(3)4/h3-10,15H,2H2,1H3;1H3,(H,3,4). The van der Waals surface area contributed by atoms with Crippen LogP contribution in [-0.2, 0) is 21.1 Å². The van der Waals surface area contributed by atoms with E-state index < -0.39 is 15.8 Å². The van der Waals surface area contributed by atoms with Crippen molar-refractivity contribution in [3.8, 4) is 5.75 Å². The van der Waals surface area contributed by atoms with Crippen molar-refractivity contribution in [2.45, 2.75) is 30.1 Å². The first-order valence-corrected chi connectivity index (χ1v) is 8.08. The average Bonchev–Trinajstić information content (AvgIpc) is 2.47. The van der Waals surface area contributed by atoms with Gasteiger partial charge in [0.25, 0.3) is 5.97 Å². The number of phenolic OH excluding ortho intramolecular Hbond substituents is 1. The van der Waals surface area contributed by atoms with E-state index in [0.717, 1.165) is 18.9 Å². The van der Waals surface area contributed by atoms with Crippen molar-refractivity contribution in [2.24, 2.45) is 0 Å². The summed E-state index contributed by atoms with van der Waals surface area (Å²) in [5.74, 6) is -0.782. The van der Waals surface area contributed by atoms with Crippen molar-refractivity contribution in [3.05, 3.63) is 54.1 Å². The zero-order chi connectivity index (χ0) is 16.8. The zero-order valence-electron chi connectivity index (χ0n) is 12.4. The smallest absolute Gasteiger partial charge is 0.300 e. The lowest BCUT2D eigenvalue weighted by Crippen LogP contribution is -2.01. The van der Waals surface area contributed by atoms with Crippen LogP contribution in [0, 0.1) is 0 Å². The van der Waals surface area contributed by atoms with Crippen molar-refractivity contribution in [1.29, 1.82) is 0 Å². The largest absolute Gasteiger partial charge is 0.508 e. The van der Waals surface area contributed by atoms with Crippen LogP contribution in [0.15, 0.2) is 58.3 Å². The van der Waals surface area contributed by atoms with Crippen LogP contribution in [0.2, 0.25) is 0 Å². The van der Waals surface area contributed by atoms with E-state index in [1.54, 1.807) is 12.1 Å². The molecule has 0 aliphatic rings. The Kier molecular flexibility index (Phi) is 6.12. The Morgan fingerprint density at radius 2 is 1.32 bits per heavy atom. The third-order valence-corrected chi connectivity index (χ3v) is 4.57. The number of hydrogen-bond donors (Lipinski definition) is 2. The van der Waals surface area contributed by atoms with Gasteiger partial charge in [-0.05, 0) is 48.4 Å². The van der Waals surface area contributed by atoms with E-state index >= 15 is 0 Å². The molecule has 0 saturated carbocycles. The van der Waals surface area contributed by atoms with Crippen LogP contribution in [0.5, 0.6) is 5.75 Å². The lowest BCUT2D eigenvalue weighted by molar-refractivity contribution is -0.134. The van der Waals surface area contributed by atoms with Crippen LogP contribution in [-0.4, -0.2) is 24.6 Å². The maximum Gasteiger partial charge on any atom is 0.300 e. The molecule has 2 rings (SSSR count). The number of aliphatic carboxylic acids is 1. The van der Waals surface area contributed by atoms with E-state index in [1.165, 1.54) is 24.3 Å². The summed E-state index contributed by atoms with van der Waals surface area (Å²) in [5.41, 5.74) is 1.10. The van der Waals surface area contributed by atoms with Gasteiger partial charge in [-0.2, -0.15) is 0 Å². The summed E-state index contributed by atoms with van der Waals surface area (Å²) in [6.45, 7) is 3.10. The fraction of sp³-hybridized carbons (Fsp3) is 0.188. The number of aryl methyl sites for hydroxylation is 1. The van der Waals surface area contributed by atoms with E-state index in [2.05, 4.69) is 0 Å². The molecule has 6 heteroatoms. The zero-order valence-corrected chi connectivity index (χ0v) is 13.2. The van der Waals surface area contributed by atoms with Crippen LogP contribution >= 0.6 is 0 Å². The molecular weight excluding hydrogens is 304 g/mol. The van der Waals surface area contributed by atoms with Gasteiger partial charge in [0, 0.05) is 6.92 Å². The fourth-order valence-electron chi connectivity index (χ4n) is 1.67. The molecule has 5 nitrogen and oxygen atoms in total. The topological polar surface area (TPSA) is 91.7 Å². The third kappa shape index (κ3) is 4.89. The first-order chi connectivity index (χ1) is 10.3. The third-order valence-electron chi connectivity index (χ3n) is 2.79. The van der Waals surface area contributed by atoms with Crippen LogP contribution in [0.4, 0.5) is 0 Å². The highest BCUT2D eigenvalue weighted by molar-refractivity contribution is 7.91. The lowest BCUT2D eigenvalue weighted by atomic mass is 10.2. The second-order valence-electron chi connectivity index (χ2n) is 4.51. The van der Waals surface area contributed by atoms with Crippen LogP contribution in [0.1, 0.15) is 19.4 Å². The molecule has 2 aromatic carbocycles. The summed E-state index contributed by atoms with van der Waals surface area (Å²) in [6, 6.07) is 12.4. The first-order valence-electron chi connectivity index (χ1n) is 6.60. The Bertz CT molecular complexity index is 712. The van der Waals surface area contributed by atoms with Gasteiger partial charge in [0.15, 0.2) is 0 Å². The molecule has 22 heavy (non-hydrogen) atoms. The molecule has 0 atom stereocenters. The number of carbonyl (C=O) groups is 1. The molecule has 0 fully saturated rings. The summed E-state index contributed by atoms with van der Waals surface area (Å²) in [6.07, 6.45) is 0.875. The summed E-state index contributed by atoms with van der Waals surface area (Å²) < 4.78 is 24.5. The minimum absolute atomic E-state index is 0.0512. The number of phenols is 1. The Hall–Kier alpha value is -2.34. The fourth-order valence-corrected chi connectivity index (χ4v) is 2.93. The predicted molar refractivity (Wildman–Crippen MR) is 82.7 cm³/mol. The van der Waals surface area contributed by atoms with Gasteiger partial charge in [-0.1, -0.05) is 19.1 Å². The predicted octanol–water partition coefficient (Wildman–Crippen LogP) is 2.88. The number of sulfone groups is 1. The monoisotopic (exact) mass is 322 g/mol. The maximum atomic E-state index is 12.3. The number of carboxylic acids is 1.